The van der Waals surface area contributed by atoms with E-state index in [9.17, 15) is 4.39 Å². The van der Waals surface area contributed by atoms with Gasteiger partial charge in [-0.05, 0) is 37.1 Å². The number of anilines is 1. The van der Waals surface area contributed by atoms with E-state index in [4.69, 9.17) is 5.73 Å². The van der Waals surface area contributed by atoms with Crippen LogP contribution in [0, 0.1) is 12.7 Å². The summed E-state index contributed by atoms with van der Waals surface area (Å²) in [5.41, 5.74) is 9.47. The molecule has 0 aromatic heterocycles. The number of halogens is 1. The largest absolute Gasteiger partial charge is 0.367 e. The first-order chi connectivity index (χ1) is 9.65. The normalized spacial score (nSPS) is 10.6. The van der Waals surface area contributed by atoms with Crippen molar-refractivity contribution in [2.75, 3.05) is 11.4 Å². The van der Waals surface area contributed by atoms with Gasteiger partial charge in [0.05, 0.1) is 0 Å². The molecule has 0 aliphatic rings. The summed E-state index contributed by atoms with van der Waals surface area (Å²) < 4.78 is 13.9. The predicted molar refractivity (Wildman–Crippen MR) is 82.2 cm³/mol. The summed E-state index contributed by atoms with van der Waals surface area (Å²) in [4.78, 5) is 2.16. The van der Waals surface area contributed by atoms with E-state index in [0.29, 0.717) is 5.56 Å². The lowest BCUT2D eigenvalue weighted by atomic mass is 10.1. The van der Waals surface area contributed by atoms with Crippen LogP contribution in [0.4, 0.5) is 10.1 Å². The van der Waals surface area contributed by atoms with Crippen LogP contribution in [-0.2, 0) is 13.1 Å². The summed E-state index contributed by atoms with van der Waals surface area (Å²) >= 11 is 0. The van der Waals surface area contributed by atoms with Crippen molar-refractivity contribution < 1.29 is 4.39 Å². The minimum absolute atomic E-state index is 0.228. The smallest absolute Gasteiger partial charge is 0.129 e. The summed E-state index contributed by atoms with van der Waals surface area (Å²) in [6.45, 7) is 6.02. The molecule has 2 aromatic carbocycles. The van der Waals surface area contributed by atoms with Crippen molar-refractivity contribution in [1.29, 1.82) is 0 Å². The van der Waals surface area contributed by atoms with Crippen molar-refractivity contribution in [3.05, 3.63) is 65.0 Å². The zero-order valence-electron chi connectivity index (χ0n) is 12.1. The Morgan fingerprint density at radius 3 is 2.45 bits per heavy atom. The fraction of sp³-hybridized carbons (Fsp3) is 0.294. The second-order valence-corrected chi connectivity index (χ2v) is 4.92. The van der Waals surface area contributed by atoms with E-state index in [2.05, 4.69) is 30.9 Å². The molecule has 0 saturated carbocycles. The van der Waals surface area contributed by atoms with E-state index in [0.717, 1.165) is 18.8 Å². The molecule has 0 aliphatic carbocycles. The third-order valence-corrected chi connectivity index (χ3v) is 3.63. The first kappa shape index (κ1) is 14.5. The summed E-state index contributed by atoms with van der Waals surface area (Å²) in [6, 6.07) is 13.6. The lowest BCUT2D eigenvalue weighted by Crippen LogP contribution is -2.22. The summed E-state index contributed by atoms with van der Waals surface area (Å²) in [7, 11) is 0. The highest BCUT2D eigenvalue weighted by atomic mass is 19.1. The molecule has 0 bridgehead atoms. The number of rotatable bonds is 5. The number of benzene rings is 2. The molecule has 0 heterocycles. The molecule has 20 heavy (non-hydrogen) atoms. The van der Waals surface area contributed by atoms with Crippen molar-refractivity contribution in [3.8, 4) is 0 Å². The average molecular weight is 272 g/mol. The van der Waals surface area contributed by atoms with Gasteiger partial charge in [-0.3, -0.25) is 0 Å². The van der Waals surface area contributed by atoms with Gasteiger partial charge in [0.1, 0.15) is 5.82 Å². The van der Waals surface area contributed by atoms with Gasteiger partial charge in [-0.15, -0.1) is 0 Å². The quantitative estimate of drug-likeness (QED) is 0.900. The first-order valence-corrected chi connectivity index (χ1v) is 6.93. The van der Waals surface area contributed by atoms with Crippen molar-refractivity contribution >= 4 is 5.69 Å². The topological polar surface area (TPSA) is 29.3 Å². The van der Waals surface area contributed by atoms with Crippen molar-refractivity contribution in [1.82, 2.24) is 0 Å². The molecule has 2 N–H and O–H groups in total. The Kier molecular flexibility index (Phi) is 4.74. The van der Waals surface area contributed by atoms with Gasteiger partial charge in [0.2, 0.25) is 0 Å². The fourth-order valence-corrected chi connectivity index (χ4v) is 2.28. The molecule has 3 heteroatoms. The van der Waals surface area contributed by atoms with Crippen LogP contribution in [-0.4, -0.2) is 6.54 Å². The van der Waals surface area contributed by atoms with E-state index in [1.807, 2.05) is 18.2 Å². The van der Waals surface area contributed by atoms with E-state index in [-0.39, 0.29) is 12.4 Å². The highest BCUT2D eigenvalue weighted by Crippen LogP contribution is 2.21. The number of hydrogen-bond acceptors (Lipinski definition) is 2. The minimum Gasteiger partial charge on any atom is -0.367 e. The van der Waals surface area contributed by atoms with E-state index in [1.54, 1.807) is 12.1 Å². The lowest BCUT2D eigenvalue weighted by molar-refractivity contribution is 0.609. The second-order valence-electron chi connectivity index (χ2n) is 4.92. The van der Waals surface area contributed by atoms with Gasteiger partial charge in [0, 0.05) is 30.9 Å². The Labute approximate surface area is 120 Å². The Morgan fingerprint density at radius 2 is 1.85 bits per heavy atom. The van der Waals surface area contributed by atoms with Gasteiger partial charge in [0.25, 0.3) is 0 Å². The molecule has 106 valence electrons. The van der Waals surface area contributed by atoms with Gasteiger partial charge in [-0.1, -0.05) is 30.3 Å². The molecule has 2 nitrogen and oxygen atoms in total. The number of nitrogens with two attached hydrogens (primary N) is 1. The van der Waals surface area contributed by atoms with Crippen molar-refractivity contribution in [3.63, 3.8) is 0 Å². The molecule has 0 spiro atoms. The molecule has 0 unspecified atom stereocenters. The molecule has 0 radical (unpaired) electrons. The SMILES string of the molecule is CCN(Cc1ccccc1C)c1ccc(CN)c(F)c1. The van der Waals surface area contributed by atoms with Crippen LogP contribution in [0.5, 0.6) is 0 Å². The van der Waals surface area contributed by atoms with Gasteiger partial charge >= 0.3 is 0 Å². The predicted octanol–water partition coefficient (Wildman–Crippen LogP) is 3.62. The molecule has 0 amide bonds. The van der Waals surface area contributed by atoms with Gasteiger partial charge < -0.3 is 10.6 Å². The highest BCUT2D eigenvalue weighted by molar-refractivity contribution is 5.49. The summed E-state index contributed by atoms with van der Waals surface area (Å²) in [5, 5.41) is 0. The summed E-state index contributed by atoms with van der Waals surface area (Å²) in [6.07, 6.45) is 0. The maximum absolute atomic E-state index is 13.9. The third kappa shape index (κ3) is 3.17. The van der Waals surface area contributed by atoms with Gasteiger partial charge in [-0.25, -0.2) is 4.39 Å². The van der Waals surface area contributed by atoms with Crippen LogP contribution in [0.3, 0.4) is 0 Å². The standard InChI is InChI=1S/C17H21FN2/c1-3-20(12-15-7-5-4-6-13(15)2)16-9-8-14(11-19)17(18)10-16/h4-10H,3,11-12,19H2,1-2H3. The molecule has 0 saturated heterocycles. The monoisotopic (exact) mass is 272 g/mol. The molecule has 2 rings (SSSR count). The summed E-state index contributed by atoms with van der Waals surface area (Å²) in [5.74, 6) is -0.228. The maximum atomic E-state index is 13.9. The first-order valence-electron chi connectivity index (χ1n) is 6.93. The van der Waals surface area contributed by atoms with Crippen LogP contribution in [0.1, 0.15) is 23.6 Å². The van der Waals surface area contributed by atoms with Crippen LogP contribution < -0.4 is 10.6 Å². The Balaban J connectivity index is 2.24. The van der Waals surface area contributed by atoms with Crippen molar-refractivity contribution in [2.45, 2.75) is 26.9 Å². The zero-order valence-corrected chi connectivity index (χ0v) is 12.1. The molecule has 2 aromatic rings. The second kappa shape index (κ2) is 6.53. The Bertz CT molecular complexity index is 581. The van der Waals surface area contributed by atoms with E-state index < -0.39 is 0 Å². The molecule has 0 aliphatic heterocycles. The van der Waals surface area contributed by atoms with E-state index >= 15 is 0 Å². The molecule has 0 fully saturated rings. The maximum Gasteiger partial charge on any atom is 0.129 e. The van der Waals surface area contributed by atoms with Crippen LogP contribution in [0.15, 0.2) is 42.5 Å². The zero-order chi connectivity index (χ0) is 14.5. The molecular formula is C17H21FN2. The Hall–Kier alpha value is -1.87. The van der Waals surface area contributed by atoms with E-state index in [1.165, 1.54) is 11.1 Å². The Morgan fingerprint density at radius 1 is 1.10 bits per heavy atom. The van der Waals surface area contributed by atoms with Crippen molar-refractivity contribution in [2.24, 2.45) is 5.73 Å². The van der Waals surface area contributed by atoms with Crippen LogP contribution in [0.25, 0.3) is 0 Å². The third-order valence-electron chi connectivity index (χ3n) is 3.63. The number of aryl methyl sites for hydroxylation is 1. The fourth-order valence-electron chi connectivity index (χ4n) is 2.28. The van der Waals surface area contributed by atoms with Crippen LogP contribution in [0.2, 0.25) is 0 Å². The van der Waals surface area contributed by atoms with Gasteiger partial charge in [-0.2, -0.15) is 0 Å². The lowest BCUT2D eigenvalue weighted by Gasteiger charge is -2.24. The molecule has 0 atom stereocenters. The van der Waals surface area contributed by atoms with Crippen LogP contribution >= 0.6 is 0 Å². The minimum atomic E-state index is -0.228. The van der Waals surface area contributed by atoms with Gasteiger partial charge in [0.15, 0.2) is 0 Å². The number of nitrogens with zero attached hydrogens (tertiary/aromatic N) is 1. The average Bonchev–Trinajstić information content (AvgIpc) is 2.46. The highest BCUT2D eigenvalue weighted by Gasteiger charge is 2.09. The molecular weight excluding hydrogens is 251 g/mol. The number of hydrogen-bond donors (Lipinski definition) is 1.